The van der Waals surface area contributed by atoms with Crippen LogP contribution < -0.4 is 15.8 Å². The van der Waals surface area contributed by atoms with E-state index in [0.717, 1.165) is 47.9 Å². The predicted octanol–water partition coefficient (Wildman–Crippen LogP) is 3.83. The number of rotatable bonds is 10. The van der Waals surface area contributed by atoms with Gasteiger partial charge in [0.2, 0.25) is 21.8 Å². The van der Waals surface area contributed by atoms with E-state index < -0.39 is 14.9 Å². The van der Waals surface area contributed by atoms with Crippen molar-refractivity contribution in [3.05, 3.63) is 69.9 Å². The van der Waals surface area contributed by atoms with Crippen LogP contribution in [0.3, 0.4) is 0 Å². The highest BCUT2D eigenvalue weighted by Crippen LogP contribution is 2.31. The van der Waals surface area contributed by atoms with Crippen LogP contribution in [-0.2, 0) is 16.6 Å². The van der Waals surface area contributed by atoms with E-state index in [0.29, 0.717) is 24.9 Å². The lowest BCUT2D eigenvalue weighted by molar-refractivity contribution is -0.384. The molecule has 12 heteroatoms. The first kappa shape index (κ1) is 27.4. The molecule has 1 aliphatic carbocycles. The van der Waals surface area contributed by atoms with E-state index in [1.165, 1.54) is 12.3 Å². The number of benzene rings is 2. The normalized spacial score (nSPS) is 17.7. The molecule has 5 N–H and O–H groups in total. The highest BCUT2D eigenvalue weighted by molar-refractivity contribution is 7.89. The lowest BCUT2D eigenvalue weighted by Crippen LogP contribution is -2.23. The summed E-state index contributed by atoms with van der Waals surface area (Å²) in [7, 11) is -3.83. The van der Waals surface area contributed by atoms with Gasteiger partial charge in [-0.25, -0.2) is 18.5 Å². The van der Waals surface area contributed by atoms with Gasteiger partial charge in [0, 0.05) is 19.7 Å². The quantitative estimate of drug-likeness (QED) is 0.220. The topological polar surface area (TPSA) is 173 Å². The van der Waals surface area contributed by atoms with Gasteiger partial charge < -0.3 is 15.7 Å². The van der Waals surface area contributed by atoms with Gasteiger partial charge in [0.05, 0.1) is 9.82 Å². The SMILES string of the molecule is Cc1c(CNc2ncc([N+](=O)[O-])c(NCC3CCC(CO)CC3)n2)cccc1-c1cccc(S(N)(=O)=O)c1. The Bertz CT molecular complexity index is 1410. The second-order valence-electron chi connectivity index (χ2n) is 9.65. The van der Waals surface area contributed by atoms with E-state index >= 15 is 0 Å². The monoisotopic (exact) mass is 540 g/mol. The maximum Gasteiger partial charge on any atom is 0.329 e. The minimum absolute atomic E-state index is 0.0404. The van der Waals surface area contributed by atoms with E-state index in [1.54, 1.807) is 12.1 Å². The zero-order valence-electron chi connectivity index (χ0n) is 21.1. The maximum absolute atomic E-state index is 11.8. The van der Waals surface area contributed by atoms with Gasteiger partial charge in [-0.2, -0.15) is 4.98 Å². The highest BCUT2D eigenvalue weighted by Gasteiger charge is 2.23. The van der Waals surface area contributed by atoms with Crippen molar-refractivity contribution in [1.82, 2.24) is 9.97 Å². The molecule has 1 heterocycles. The number of primary sulfonamides is 1. The first-order valence-electron chi connectivity index (χ1n) is 12.5. The van der Waals surface area contributed by atoms with Crippen LogP contribution in [0.5, 0.6) is 0 Å². The van der Waals surface area contributed by atoms with E-state index in [-0.39, 0.29) is 29.0 Å². The molecule has 0 bridgehead atoms. The fraction of sp³-hybridized carbons (Fsp3) is 0.385. The van der Waals surface area contributed by atoms with Gasteiger partial charge in [-0.1, -0.05) is 30.3 Å². The molecule has 4 rings (SSSR count). The van der Waals surface area contributed by atoms with Crippen LogP contribution in [0.25, 0.3) is 11.1 Å². The lowest BCUT2D eigenvalue weighted by atomic mass is 9.82. The number of nitrogens with two attached hydrogens (primary N) is 1. The molecule has 1 saturated carbocycles. The fourth-order valence-corrected chi connectivity index (χ4v) is 5.35. The number of aliphatic hydroxyl groups excluding tert-OH is 1. The van der Waals surface area contributed by atoms with Crippen molar-refractivity contribution in [3.8, 4) is 11.1 Å². The predicted molar refractivity (Wildman–Crippen MR) is 145 cm³/mol. The average molecular weight is 541 g/mol. The summed E-state index contributed by atoms with van der Waals surface area (Å²) in [6.45, 7) is 3.06. The van der Waals surface area contributed by atoms with Crippen molar-refractivity contribution in [3.63, 3.8) is 0 Å². The van der Waals surface area contributed by atoms with Crippen molar-refractivity contribution in [2.75, 3.05) is 23.8 Å². The summed E-state index contributed by atoms with van der Waals surface area (Å²) in [6, 6.07) is 12.2. The highest BCUT2D eigenvalue weighted by atomic mass is 32.2. The van der Waals surface area contributed by atoms with Crippen LogP contribution in [0.4, 0.5) is 17.5 Å². The molecule has 0 spiro atoms. The maximum atomic E-state index is 11.8. The van der Waals surface area contributed by atoms with E-state index in [9.17, 15) is 23.6 Å². The Morgan fingerprint density at radius 1 is 1.11 bits per heavy atom. The number of sulfonamides is 1. The molecule has 0 radical (unpaired) electrons. The summed E-state index contributed by atoms with van der Waals surface area (Å²) < 4.78 is 23.6. The number of anilines is 2. The van der Waals surface area contributed by atoms with Gasteiger partial charge in [0.25, 0.3) is 0 Å². The van der Waals surface area contributed by atoms with E-state index in [1.807, 2.05) is 31.2 Å². The fourth-order valence-electron chi connectivity index (χ4n) is 4.79. The Morgan fingerprint density at radius 2 is 1.82 bits per heavy atom. The summed E-state index contributed by atoms with van der Waals surface area (Å²) in [5.74, 6) is 1.13. The minimum Gasteiger partial charge on any atom is -0.396 e. The third kappa shape index (κ3) is 6.63. The number of hydrogen-bond donors (Lipinski definition) is 4. The van der Waals surface area contributed by atoms with E-state index in [4.69, 9.17) is 5.14 Å². The summed E-state index contributed by atoms with van der Waals surface area (Å²) in [4.78, 5) is 19.6. The summed E-state index contributed by atoms with van der Waals surface area (Å²) in [5, 5.41) is 32.5. The van der Waals surface area contributed by atoms with Crippen molar-refractivity contribution >= 4 is 27.5 Å². The van der Waals surface area contributed by atoms with Crippen molar-refractivity contribution in [1.29, 1.82) is 0 Å². The molecule has 3 aromatic rings. The van der Waals surface area contributed by atoms with Gasteiger partial charge in [-0.15, -0.1) is 0 Å². The van der Waals surface area contributed by atoms with Crippen molar-refractivity contribution < 1.29 is 18.4 Å². The van der Waals surface area contributed by atoms with Crippen LogP contribution in [0.15, 0.2) is 53.6 Å². The number of nitro groups is 1. The molecule has 0 amide bonds. The third-order valence-electron chi connectivity index (χ3n) is 7.11. The molecule has 0 aliphatic heterocycles. The standard InChI is InChI=1S/C26H32N6O5S/c1-17-21(5-3-7-23(17)20-4-2-6-22(12-20)38(27,36)37)14-29-26-30-15-24(32(34)35)25(31-26)28-13-18-8-10-19(16-33)11-9-18/h2-7,12,15,18-19,33H,8-11,13-14,16H2,1H3,(H2,27,36,37)(H2,28,29,30,31). The molecule has 1 fully saturated rings. The molecular weight excluding hydrogens is 508 g/mol. The Balaban J connectivity index is 1.48. The van der Waals surface area contributed by atoms with Crippen LogP contribution >= 0.6 is 0 Å². The van der Waals surface area contributed by atoms with Crippen LogP contribution in [0, 0.1) is 28.9 Å². The minimum atomic E-state index is -3.83. The Morgan fingerprint density at radius 3 is 2.50 bits per heavy atom. The summed E-state index contributed by atoms with van der Waals surface area (Å²) >= 11 is 0. The number of hydrogen-bond acceptors (Lipinski definition) is 9. The summed E-state index contributed by atoms with van der Waals surface area (Å²) in [6.07, 6.45) is 5.01. The molecule has 1 aliphatic rings. The van der Waals surface area contributed by atoms with Crippen LogP contribution in [-0.4, -0.2) is 41.6 Å². The van der Waals surface area contributed by atoms with Gasteiger partial charge >= 0.3 is 5.69 Å². The second kappa shape index (κ2) is 11.8. The molecule has 11 nitrogen and oxygen atoms in total. The van der Waals surface area contributed by atoms with Gasteiger partial charge in [-0.05, 0) is 78.8 Å². The summed E-state index contributed by atoms with van der Waals surface area (Å²) in [5.41, 5.74) is 3.26. The van der Waals surface area contributed by atoms with Crippen LogP contribution in [0.1, 0.15) is 36.8 Å². The Labute approximate surface area is 221 Å². The average Bonchev–Trinajstić information content (AvgIpc) is 2.91. The third-order valence-corrected chi connectivity index (χ3v) is 8.02. The smallest absolute Gasteiger partial charge is 0.329 e. The Hall–Kier alpha value is -3.61. The van der Waals surface area contributed by atoms with Gasteiger partial charge in [0.1, 0.15) is 6.20 Å². The van der Waals surface area contributed by atoms with E-state index in [2.05, 4.69) is 20.6 Å². The number of aliphatic hydroxyl groups is 1. The molecule has 202 valence electrons. The first-order chi connectivity index (χ1) is 18.2. The number of aromatic nitrogens is 2. The van der Waals surface area contributed by atoms with Gasteiger partial charge in [0.15, 0.2) is 0 Å². The number of nitrogens with one attached hydrogen (secondary N) is 2. The molecule has 2 aromatic carbocycles. The number of nitrogens with zero attached hydrogens (tertiary/aromatic N) is 3. The van der Waals surface area contributed by atoms with Gasteiger partial charge in [-0.3, -0.25) is 10.1 Å². The lowest BCUT2D eigenvalue weighted by Gasteiger charge is -2.27. The largest absolute Gasteiger partial charge is 0.396 e. The Kier molecular flexibility index (Phi) is 8.55. The van der Waals surface area contributed by atoms with Crippen LogP contribution in [0.2, 0.25) is 0 Å². The molecule has 38 heavy (non-hydrogen) atoms. The molecular formula is C26H32N6O5S. The first-order valence-corrected chi connectivity index (χ1v) is 14.0. The molecule has 1 aromatic heterocycles. The zero-order chi connectivity index (χ0) is 27.3. The molecule has 0 unspecified atom stereocenters. The van der Waals surface area contributed by atoms with Crippen molar-refractivity contribution in [2.45, 2.75) is 44.0 Å². The molecule has 0 saturated heterocycles. The molecule has 0 atom stereocenters. The van der Waals surface area contributed by atoms with Crippen molar-refractivity contribution in [2.24, 2.45) is 17.0 Å². The zero-order valence-corrected chi connectivity index (χ0v) is 21.9. The second-order valence-corrected chi connectivity index (χ2v) is 11.2.